The second kappa shape index (κ2) is 7.57. The number of benzene rings is 1. The van der Waals surface area contributed by atoms with Crippen molar-refractivity contribution < 1.29 is 4.90 Å². The third-order valence-electron chi connectivity index (χ3n) is 5.85. The molecule has 2 aliphatic rings. The quantitative estimate of drug-likeness (QED) is 0.835. The third kappa shape index (κ3) is 4.10. The van der Waals surface area contributed by atoms with Gasteiger partial charge < -0.3 is 9.80 Å². The van der Waals surface area contributed by atoms with E-state index in [4.69, 9.17) is 0 Å². The molecule has 0 aromatic heterocycles. The average molecular weight is 326 g/mol. The summed E-state index contributed by atoms with van der Waals surface area (Å²) in [5.74, 6) is 0.727. The minimum Gasteiger partial charge on any atom is -0.360 e. The predicted octanol–water partition coefficient (Wildman–Crippen LogP) is 3.31. The van der Waals surface area contributed by atoms with Crippen LogP contribution in [0.2, 0.25) is 0 Å². The maximum absolute atomic E-state index is 4.13. The van der Waals surface area contributed by atoms with Crippen LogP contribution in [0.1, 0.15) is 37.3 Å². The van der Waals surface area contributed by atoms with Gasteiger partial charge in [0.05, 0.1) is 32.7 Å². The molecule has 1 fully saturated rings. The van der Waals surface area contributed by atoms with E-state index < -0.39 is 0 Å². The summed E-state index contributed by atoms with van der Waals surface area (Å²) >= 11 is 0. The first-order chi connectivity index (χ1) is 11.5. The Balaban J connectivity index is 1.52. The summed E-state index contributed by atoms with van der Waals surface area (Å²) in [6, 6.07) is 6.82. The van der Waals surface area contributed by atoms with Gasteiger partial charge in [-0.15, -0.1) is 0 Å². The lowest BCUT2D eigenvalue weighted by Crippen LogP contribution is -3.15. The van der Waals surface area contributed by atoms with Crippen molar-refractivity contribution in [2.24, 2.45) is 5.92 Å². The number of hydrogen-bond donors (Lipinski definition) is 1. The van der Waals surface area contributed by atoms with E-state index in [9.17, 15) is 0 Å². The summed E-state index contributed by atoms with van der Waals surface area (Å²) in [6.07, 6.45) is 6.31. The molecular weight excluding hydrogens is 292 g/mol. The van der Waals surface area contributed by atoms with E-state index in [1.165, 1.54) is 74.4 Å². The molecule has 0 saturated carbocycles. The van der Waals surface area contributed by atoms with Gasteiger partial charge >= 0.3 is 0 Å². The molecule has 1 aliphatic heterocycles. The standard InChI is InChI=1S/C22H32N2/c1-17(2)21-9-7-20(8-10-21)16-23-11-13-24(14-12-23)22-15-18(3)5-6-19(22)4/h5-7,15,21H,1,8-14,16H2,2-4H3/p+1/t21-/m0/s1. The molecule has 3 rings (SSSR count). The number of nitrogens with one attached hydrogen (secondary N) is 1. The highest BCUT2D eigenvalue weighted by molar-refractivity contribution is 5.55. The number of piperazine rings is 1. The first kappa shape index (κ1) is 17.3. The molecule has 0 radical (unpaired) electrons. The maximum Gasteiger partial charge on any atom is 0.0988 e. The van der Waals surface area contributed by atoms with Crippen molar-refractivity contribution >= 4 is 5.69 Å². The fourth-order valence-corrected chi connectivity index (χ4v) is 4.12. The number of aryl methyl sites for hydroxylation is 2. The highest BCUT2D eigenvalue weighted by atomic mass is 15.3. The van der Waals surface area contributed by atoms with Gasteiger partial charge in [0.25, 0.3) is 0 Å². The van der Waals surface area contributed by atoms with Crippen LogP contribution in [0, 0.1) is 19.8 Å². The molecule has 1 aromatic carbocycles. The SMILES string of the molecule is C=C(C)[C@H]1CC=C(C[NH+]2CCN(c3cc(C)ccc3C)CC2)CC1. The van der Waals surface area contributed by atoms with Crippen LogP contribution in [0.4, 0.5) is 5.69 Å². The van der Waals surface area contributed by atoms with Crippen LogP contribution in [0.15, 0.2) is 42.0 Å². The summed E-state index contributed by atoms with van der Waals surface area (Å²) in [7, 11) is 0. The zero-order chi connectivity index (χ0) is 17.1. The highest BCUT2D eigenvalue weighted by Crippen LogP contribution is 2.27. The number of anilines is 1. The van der Waals surface area contributed by atoms with Crippen LogP contribution in [0.25, 0.3) is 0 Å². The normalized spacial score (nSPS) is 22.4. The lowest BCUT2D eigenvalue weighted by molar-refractivity contribution is -0.895. The lowest BCUT2D eigenvalue weighted by Gasteiger charge is -2.35. The zero-order valence-corrected chi connectivity index (χ0v) is 15.7. The summed E-state index contributed by atoms with van der Waals surface area (Å²) in [6.45, 7) is 16.9. The summed E-state index contributed by atoms with van der Waals surface area (Å²) in [4.78, 5) is 4.34. The molecule has 1 atom stereocenters. The molecule has 1 aliphatic carbocycles. The molecule has 2 nitrogen and oxygen atoms in total. The van der Waals surface area contributed by atoms with Crippen LogP contribution < -0.4 is 9.80 Å². The molecule has 1 saturated heterocycles. The van der Waals surface area contributed by atoms with E-state index in [0.29, 0.717) is 0 Å². The maximum atomic E-state index is 4.13. The Bertz CT molecular complexity index is 621. The molecule has 1 N–H and O–H groups in total. The van der Waals surface area contributed by atoms with Crippen LogP contribution in [-0.4, -0.2) is 32.7 Å². The molecule has 2 heteroatoms. The first-order valence-electron chi connectivity index (χ1n) is 9.52. The van der Waals surface area contributed by atoms with Crippen LogP contribution in [-0.2, 0) is 0 Å². The Morgan fingerprint density at radius 1 is 1.25 bits per heavy atom. The van der Waals surface area contributed by atoms with Crippen molar-refractivity contribution in [3.8, 4) is 0 Å². The van der Waals surface area contributed by atoms with Gasteiger partial charge in [-0.25, -0.2) is 0 Å². The van der Waals surface area contributed by atoms with E-state index in [0.717, 1.165) is 5.92 Å². The monoisotopic (exact) mass is 325 g/mol. The Morgan fingerprint density at radius 2 is 2.00 bits per heavy atom. The van der Waals surface area contributed by atoms with E-state index in [-0.39, 0.29) is 0 Å². The van der Waals surface area contributed by atoms with Crippen LogP contribution in [0.3, 0.4) is 0 Å². The molecule has 1 aromatic rings. The van der Waals surface area contributed by atoms with Crippen molar-refractivity contribution in [1.82, 2.24) is 0 Å². The molecule has 130 valence electrons. The van der Waals surface area contributed by atoms with E-state index in [2.05, 4.69) is 56.5 Å². The Labute approximate surface area is 147 Å². The van der Waals surface area contributed by atoms with Crippen molar-refractivity contribution in [1.29, 1.82) is 0 Å². The molecule has 0 bridgehead atoms. The van der Waals surface area contributed by atoms with Gasteiger partial charge in [0.2, 0.25) is 0 Å². The fraction of sp³-hybridized carbons (Fsp3) is 0.545. The summed E-state index contributed by atoms with van der Waals surface area (Å²) in [5.41, 5.74) is 7.26. The Morgan fingerprint density at radius 3 is 2.62 bits per heavy atom. The van der Waals surface area contributed by atoms with Gasteiger partial charge in [-0.1, -0.05) is 30.4 Å². The van der Waals surface area contributed by atoms with E-state index in [1.54, 1.807) is 10.5 Å². The number of allylic oxidation sites excluding steroid dienone is 2. The summed E-state index contributed by atoms with van der Waals surface area (Å²) < 4.78 is 0. The van der Waals surface area contributed by atoms with Crippen molar-refractivity contribution in [2.45, 2.75) is 40.0 Å². The molecular formula is C22H33N2+. The minimum absolute atomic E-state index is 0.727. The summed E-state index contributed by atoms with van der Waals surface area (Å²) in [5, 5.41) is 0. The smallest absolute Gasteiger partial charge is 0.0988 e. The Kier molecular flexibility index (Phi) is 5.45. The average Bonchev–Trinajstić information content (AvgIpc) is 2.58. The van der Waals surface area contributed by atoms with Crippen LogP contribution in [0.5, 0.6) is 0 Å². The number of nitrogens with zero attached hydrogens (tertiary/aromatic N) is 1. The van der Waals surface area contributed by atoms with Crippen molar-refractivity contribution in [2.75, 3.05) is 37.6 Å². The van der Waals surface area contributed by atoms with E-state index in [1.807, 2.05) is 0 Å². The van der Waals surface area contributed by atoms with Gasteiger partial charge in [-0.2, -0.15) is 0 Å². The lowest BCUT2D eigenvalue weighted by atomic mass is 9.85. The van der Waals surface area contributed by atoms with Gasteiger partial charge in [-0.05, 0) is 68.7 Å². The first-order valence-corrected chi connectivity index (χ1v) is 9.52. The predicted molar refractivity (Wildman–Crippen MR) is 104 cm³/mol. The van der Waals surface area contributed by atoms with Gasteiger partial charge in [0.15, 0.2) is 0 Å². The molecule has 0 unspecified atom stereocenters. The van der Waals surface area contributed by atoms with Gasteiger partial charge in [0.1, 0.15) is 0 Å². The minimum atomic E-state index is 0.727. The second-order valence-corrected chi connectivity index (χ2v) is 7.88. The second-order valence-electron chi connectivity index (χ2n) is 7.88. The molecule has 1 heterocycles. The van der Waals surface area contributed by atoms with Crippen LogP contribution >= 0.6 is 0 Å². The third-order valence-corrected chi connectivity index (χ3v) is 5.85. The molecule has 24 heavy (non-hydrogen) atoms. The van der Waals surface area contributed by atoms with E-state index >= 15 is 0 Å². The largest absolute Gasteiger partial charge is 0.360 e. The number of quaternary nitrogens is 1. The van der Waals surface area contributed by atoms with Gasteiger partial charge in [-0.3, -0.25) is 0 Å². The fourth-order valence-electron chi connectivity index (χ4n) is 4.12. The molecule has 0 amide bonds. The number of hydrogen-bond acceptors (Lipinski definition) is 1. The highest BCUT2D eigenvalue weighted by Gasteiger charge is 2.23. The van der Waals surface area contributed by atoms with Crippen molar-refractivity contribution in [3.63, 3.8) is 0 Å². The Hall–Kier alpha value is -1.54. The van der Waals surface area contributed by atoms with Crippen molar-refractivity contribution in [3.05, 3.63) is 53.1 Å². The molecule has 0 spiro atoms. The van der Waals surface area contributed by atoms with Gasteiger partial charge in [0, 0.05) is 5.69 Å². The topological polar surface area (TPSA) is 7.68 Å². The number of rotatable bonds is 4. The zero-order valence-electron chi connectivity index (χ0n) is 15.7.